The van der Waals surface area contributed by atoms with Crippen LogP contribution in [-0.4, -0.2) is 4.98 Å². The SMILES string of the molecule is Cc1ccccc1OCc1cc2ccccc2[nH]1. The molecule has 18 heavy (non-hydrogen) atoms. The van der Waals surface area contributed by atoms with Crippen molar-refractivity contribution < 1.29 is 4.74 Å². The Balaban J connectivity index is 1.79. The van der Waals surface area contributed by atoms with Crippen molar-refractivity contribution in [3.05, 3.63) is 65.9 Å². The largest absolute Gasteiger partial charge is 0.487 e. The first-order valence-electron chi connectivity index (χ1n) is 6.08. The fourth-order valence-corrected chi connectivity index (χ4v) is 2.09. The van der Waals surface area contributed by atoms with E-state index in [0.717, 1.165) is 22.5 Å². The topological polar surface area (TPSA) is 25.0 Å². The molecule has 0 spiro atoms. The predicted octanol–water partition coefficient (Wildman–Crippen LogP) is 4.06. The summed E-state index contributed by atoms with van der Waals surface area (Å²) in [7, 11) is 0. The molecule has 3 aromatic rings. The molecular formula is C16H15NO. The molecule has 2 heteroatoms. The Morgan fingerprint density at radius 1 is 1.00 bits per heavy atom. The molecular weight excluding hydrogens is 222 g/mol. The molecule has 1 N–H and O–H groups in total. The van der Waals surface area contributed by atoms with Crippen LogP contribution in [0.5, 0.6) is 5.75 Å². The summed E-state index contributed by atoms with van der Waals surface area (Å²) in [4.78, 5) is 3.36. The molecule has 0 aliphatic rings. The first-order chi connectivity index (χ1) is 8.83. The van der Waals surface area contributed by atoms with E-state index in [1.54, 1.807) is 0 Å². The maximum Gasteiger partial charge on any atom is 0.128 e. The van der Waals surface area contributed by atoms with Gasteiger partial charge in [0.1, 0.15) is 12.4 Å². The van der Waals surface area contributed by atoms with E-state index in [4.69, 9.17) is 4.74 Å². The summed E-state index contributed by atoms with van der Waals surface area (Å²) >= 11 is 0. The van der Waals surface area contributed by atoms with Gasteiger partial charge in [-0.15, -0.1) is 0 Å². The summed E-state index contributed by atoms with van der Waals surface area (Å²) in [5.41, 5.74) is 3.41. The van der Waals surface area contributed by atoms with E-state index in [0.29, 0.717) is 6.61 Å². The molecule has 0 radical (unpaired) electrons. The van der Waals surface area contributed by atoms with Gasteiger partial charge in [-0.2, -0.15) is 0 Å². The molecule has 0 saturated heterocycles. The second-order valence-electron chi connectivity index (χ2n) is 4.44. The minimum absolute atomic E-state index is 0.569. The number of aryl methyl sites for hydroxylation is 1. The third-order valence-electron chi connectivity index (χ3n) is 3.06. The molecule has 0 aliphatic heterocycles. The van der Waals surface area contributed by atoms with Crippen LogP contribution in [0, 0.1) is 6.92 Å². The van der Waals surface area contributed by atoms with Crippen LogP contribution in [0.15, 0.2) is 54.6 Å². The van der Waals surface area contributed by atoms with Gasteiger partial charge in [0.15, 0.2) is 0 Å². The summed E-state index contributed by atoms with van der Waals surface area (Å²) in [5, 5.41) is 1.22. The van der Waals surface area contributed by atoms with Gasteiger partial charge in [-0.1, -0.05) is 36.4 Å². The number of nitrogens with one attached hydrogen (secondary N) is 1. The van der Waals surface area contributed by atoms with Crippen molar-refractivity contribution >= 4 is 10.9 Å². The quantitative estimate of drug-likeness (QED) is 0.730. The van der Waals surface area contributed by atoms with Gasteiger partial charge in [0.2, 0.25) is 0 Å². The maximum atomic E-state index is 5.82. The highest BCUT2D eigenvalue weighted by molar-refractivity contribution is 5.80. The number of hydrogen-bond acceptors (Lipinski definition) is 1. The molecule has 2 nitrogen and oxygen atoms in total. The van der Waals surface area contributed by atoms with Crippen LogP contribution in [0.4, 0.5) is 0 Å². The summed E-state index contributed by atoms with van der Waals surface area (Å²) in [6.07, 6.45) is 0. The average Bonchev–Trinajstić information content (AvgIpc) is 2.80. The van der Waals surface area contributed by atoms with Crippen molar-refractivity contribution in [2.75, 3.05) is 0 Å². The third kappa shape index (κ3) is 2.09. The van der Waals surface area contributed by atoms with Gasteiger partial charge < -0.3 is 9.72 Å². The zero-order chi connectivity index (χ0) is 12.4. The monoisotopic (exact) mass is 237 g/mol. The lowest BCUT2D eigenvalue weighted by Gasteiger charge is -2.07. The number of hydrogen-bond donors (Lipinski definition) is 1. The van der Waals surface area contributed by atoms with Crippen LogP contribution in [0.3, 0.4) is 0 Å². The van der Waals surface area contributed by atoms with Crippen molar-refractivity contribution in [1.29, 1.82) is 0 Å². The molecule has 90 valence electrons. The number of aromatic amines is 1. The lowest BCUT2D eigenvalue weighted by molar-refractivity contribution is 0.300. The number of fused-ring (bicyclic) bond motifs is 1. The second-order valence-corrected chi connectivity index (χ2v) is 4.44. The van der Waals surface area contributed by atoms with Crippen molar-refractivity contribution in [3.8, 4) is 5.75 Å². The first kappa shape index (κ1) is 10.9. The average molecular weight is 237 g/mol. The Morgan fingerprint density at radius 3 is 2.61 bits per heavy atom. The summed E-state index contributed by atoms with van der Waals surface area (Å²) < 4.78 is 5.82. The standard InChI is InChI=1S/C16H15NO/c1-12-6-2-5-9-16(12)18-11-14-10-13-7-3-4-8-15(13)17-14/h2-10,17H,11H2,1H3. The summed E-state index contributed by atoms with van der Waals surface area (Å²) in [6.45, 7) is 2.63. The molecule has 0 fully saturated rings. The van der Waals surface area contributed by atoms with E-state index in [-0.39, 0.29) is 0 Å². The van der Waals surface area contributed by atoms with Crippen LogP contribution in [0.2, 0.25) is 0 Å². The summed E-state index contributed by atoms with van der Waals surface area (Å²) in [5.74, 6) is 0.941. The number of rotatable bonds is 3. The van der Waals surface area contributed by atoms with Gasteiger partial charge in [0, 0.05) is 5.52 Å². The number of aromatic nitrogens is 1. The van der Waals surface area contributed by atoms with E-state index in [2.05, 4.69) is 36.2 Å². The Hall–Kier alpha value is -2.22. The molecule has 0 aliphatic carbocycles. The maximum absolute atomic E-state index is 5.82. The fourth-order valence-electron chi connectivity index (χ4n) is 2.09. The minimum Gasteiger partial charge on any atom is -0.487 e. The summed E-state index contributed by atoms with van der Waals surface area (Å²) in [6, 6.07) is 18.5. The highest BCUT2D eigenvalue weighted by Gasteiger charge is 2.02. The van der Waals surface area contributed by atoms with Gasteiger partial charge in [0.05, 0.1) is 5.69 Å². The predicted molar refractivity (Wildman–Crippen MR) is 73.8 cm³/mol. The van der Waals surface area contributed by atoms with Crippen LogP contribution in [0.1, 0.15) is 11.3 Å². The molecule has 1 heterocycles. The zero-order valence-electron chi connectivity index (χ0n) is 10.3. The van der Waals surface area contributed by atoms with Crippen molar-refractivity contribution in [3.63, 3.8) is 0 Å². The fraction of sp³-hybridized carbons (Fsp3) is 0.125. The molecule has 0 amide bonds. The number of benzene rings is 2. The van der Waals surface area contributed by atoms with E-state index >= 15 is 0 Å². The Kier molecular flexibility index (Phi) is 2.77. The number of para-hydroxylation sites is 2. The second kappa shape index (κ2) is 4.57. The number of ether oxygens (including phenoxy) is 1. The minimum atomic E-state index is 0.569. The van der Waals surface area contributed by atoms with Crippen LogP contribution < -0.4 is 4.74 Å². The van der Waals surface area contributed by atoms with Crippen molar-refractivity contribution in [2.45, 2.75) is 13.5 Å². The van der Waals surface area contributed by atoms with Gasteiger partial charge >= 0.3 is 0 Å². The first-order valence-corrected chi connectivity index (χ1v) is 6.08. The molecule has 0 unspecified atom stereocenters. The Labute approximate surface area is 106 Å². The zero-order valence-corrected chi connectivity index (χ0v) is 10.3. The van der Waals surface area contributed by atoms with Gasteiger partial charge in [-0.3, -0.25) is 0 Å². The van der Waals surface area contributed by atoms with Crippen molar-refractivity contribution in [2.24, 2.45) is 0 Å². The van der Waals surface area contributed by atoms with E-state index in [1.165, 1.54) is 5.39 Å². The Bertz CT molecular complexity index is 636. The van der Waals surface area contributed by atoms with E-state index < -0.39 is 0 Å². The lowest BCUT2D eigenvalue weighted by Crippen LogP contribution is -1.96. The van der Waals surface area contributed by atoms with Gasteiger partial charge in [0.25, 0.3) is 0 Å². The molecule has 0 atom stereocenters. The van der Waals surface area contributed by atoms with Crippen LogP contribution in [-0.2, 0) is 6.61 Å². The Morgan fingerprint density at radius 2 is 1.78 bits per heavy atom. The third-order valence-corrected chi connectivity index (χ3v) is 3.06. The molecule has 1 aromatic heterocycles. The molecule has 0 saturated carbocycles. The molecule has 2 aromatic carbocycles. The van der Waals surface area contributed by atoms with E-state index in [1.807, 2.05) is 30.3 Å². The van der Waals surface area contributed by atoms with Crippen LogP contribution in [0.25, 0.3) is 10.9 Å². The van der Waals surface area contributed by atoms with Gasteiger partial charge in [-0.05, 0) is 36.1 Å². The highest BCUT2D eigenvalue weighted by atomic mass is 16.5. The molecule has 0 bridgehead atoms. The lowest BCUT2D eigenvalue weighted by atomic mass is 10.2. The highest BCUT2D eigenvalue weighted by Crippen LogP contribution is 2.19. The van der Waals surface area contributed by atoms with Crippen LogP contribution >= 0.6 is 0 Å². The van der Waals surface area contributed by atoms with Crippen molar-refractivity contribution in [1.82, 2.24) is 4.98 Å². The molecule has 3 rings (SSSR count). The normalized spacial score (nSPS) is 10.7. The van der Waals surface area contributed by atoms with E-state index in [9.17, 15) is 0 Å². The smallest absolute Gasteiger partial charge is 0.128 e. The number of H-pyrrole nitrogens is 1. The van der Waals surface area contributed by atoms with Gasteiger partial charge in [-0.25, -0.2) is 0 Å².